The second kappa shape index (κ2) is 9.21. The first-order valence-corrected chi connectivity index (χ1v) is 8.96. The number of nitrogens with one attached hydrogen (secondary N) is 1. The van der Waals surface area contributed by atoms with Gasteiger partial charge in [0.15, 0.2) is 13.2 Å². The van der Waals surface area contributed by atoms with Crippen molar-refractivity contribution in [1.29, 1.82) is 0 Å². The van der Waals surface area contributed by atoms with Crippen molar-refractivity contribution in [3.05, 3.63) is 65.2 Å². The molecule has 0 saturated carbocycles. The molecule has 144 valence electrons. The van der Waals surface area contributed by atoms with Crippen LogP contribution in [0, 0.1) is 6.92 Å². The van der Waals surface area contributed by atoms with E-state index in [1.165, 1.54) is 5.56 Å². The van der Waals surface area contributed by atoms with Crippen LogP contribution < -0.4 is 10.1 Å². The van der Waals surface area contributed by atoms with Gasteiger partial charge < -0.3 is 14.8 Å². The normalized spacial score (nSPS) is 11.0. The minimum atomic E-state index is -0.582. The third-order valence-corrected chi connectivity index (χ3v) is 4.18. The van der Waals surface area contributed by atoms with Gasteiger partial charge in [-0.05, 0) is 41.2 Å². The molecule has 0 unspecified atom stereocenters. The van der Waals surface area contributed by atoms with E-state index in [0.29, 0.717) is 12.3 Å². The van der Waals surface area contributed by atoms with E-state index in [1.54, 1.807) is 0 Å². The van der Waals surface area contributed by atoms with Gasteiger partial charge in [0.2, 0.25) is 0 Å². The fourth-order valence-corrected chi connectivity index (χ4v) is 2.43. The van der Waals surface area contributed by atoms with Gasteiger partial charge in [-0.25, -0.2) is 4.79 Å². The SMILES string of the molecule is Cc1ccccc1CNC(=O)COC(=O)COc1ccc(C(C)(C)C)cc1. The lowest BCUT2D eigenvalue weighted by Gasteiger charge is -2.19. The number of aryl methyl sites for hydroxylation is 1. The maximum atomic E-state index is 11.8. The number of carbonyl (C=O) groups is 2. The molecule has 2 rings (SSSR count). The maximum absolute atomic E-state index is 11.8. The molecule has 0 spiro atoms. The molecular formula is C22H27NO4. The number of amides is 1. The Morgan fingerprint density at radius 3 is 2.26 bits per heavy atom. The maximum Gasteiger partial charge on any atom is 0.344 e. The minimum absolute atomic E-state index is 0.0586. The van der Waals surface area contributed by atoms with Gasteiger partial charge in [-0.1, -0.05) is 57.2 Å². The van der Waals surface area contributed by atoms with Gasteiger partial charge in [0.25, 0.3) is 5.91 Å². The molecule has 1 N–H and O–H groups in total. The van der Waals surface area contributed by atoms with E-state index >= 15 is 0 Å². The van der Waals surface area contributed by atoms with Crippen LogP contribution in [0.3, 0.4) is 0 Å². The zero-order valence-electron chi connectivity index (χ0n) is 16.4. The largest absolute Gasteiger partial charge is 0.482 e. The Bertz CT molecular complexity index is 776. The van der Waals surface area contributed by atoms with Crippen molar-refractivity contribution in [2.45, 2.75) is 39.7 Å². The summed E-state index contributed by atoms with van der Waals surface area (Å²) in [6.45, 7) is 8.21. The van der Waals surface area contributed by atoms with Crippen LogP contribution in [0.4, 0.5) is 0 Å². The first-order chi connectivity index (χ1) is 12.8. The molecule has 0 aliphatic heterocycles. The Kier molecular flexibility index (Phi) is 6.99. The Hall–Kier alpha value is -2.82. The van der Waals surface area contributed by atoms with Crippen molar-refractivity contribution < 1.29 is 19.1 Å². The number of carbonyl (C=O) groups excluding carboxylic acids is 2. The summed E-state index contributed by atoms with van der Waals surface area (Å²) in [5.41, 5.74) is 3.37. The zero-order valence-corrected chi connectivity index (χ0v) is 16.4. The Morgan fingerprint density at radius 2 is 1.63 bits per heavy atom. The number of rotatable bonds is 7. The van der Waals surface area contributed by atoms with Crippen molar-refractivity contribution in [2.24, 2.45) is 0 Å². The van der Waals surface area contributed by atoms with E-state index in [1.807, 2.05) is 55.5 Å². The highest BCUT2D eigenvalue weighted by Crippen LogP contribution is 2.24. The van der Waals surface area contributed by atoms with Crippen LogP contribution >= 0.6 is 0 Å². The van der Waals surface area contributed by atoms with Crippen LogP contribution in [-0.4, -0.2) is 25.1 Å². The molecule has 0 aromatic heterocycles. The molecule has 2 aromatic rings. The molecule has 5 nitrogen and oxygen atoms in total. The van der Waals surface area contributed by atoms with E-state index in [4.69, 9.17) is 9.47 Å². The summed E-state index contributed by atoms with van der Waals surface area (Å²) >= 11 is 0. The van der Waals surface area contributed by atoms with Crippen LogP contribution in [0.25, 0.3) is 0 Å². The van der Waals surface area contributed by atoms with Crippen LogP contribution in [0.15, 0.2) is 48.5 Å². The smallest absolute Gasteiger partial charge is 0.344 e. The molecule has 0 heterocycles. The number of ether oxygens (including phenoxy) is 2. The zero-order chi connectivity index (χ0) is 19.9. The molecule has 0 fully saturated rings. The second-order valence-electron chi connectivity index (χ2n) is 7.43. The first kappa shape index (κ1) is 20.5. The van der Waals surface area contributed by atoms with E-state index in [0.717, 1.165) is 11.1 Å². The molecule has 0 aliphatic rings. The van der Waals surface area contributed by atoms with Gasteiger partial charge in [-0.3, -0.25) is 4.79 Å². The molecule has 0 aliphatic carbocycles. The molecule has 27 heavy (non-hydrogen) atoms. The molecule has 2 aromatic carbocycles. The lowest BCUT2D eigenvalue weighted by molar-refractivity contribution is -0.150. The first-order valence-electron chi connectivity index (χ1n) is 8.96. The Balaban J connectivity index is 1.70. The molecule has 0 atom stereocenters. The monoisotopic (exact) mass is 369 g/mol. The van der Waals surface area contributed by atoms with Gasteiger partial charge in [0.05, 0.1) is 0 Å². The summed E-state index contributed by atoms with van der Waals surface area (Å²) in [5, 5.41) is 2.73. The van der Waals surface area contributed by atoms with Crippen molar-refractivity contribution in [3.63, 3.8) is 0 Å². The van der Waals surface area contributed by atoms with Gasteiger partial charge in [-0.2, -0.15) is 0 Å². The number of hydrogen-bond donors (Lipinski definition) is 1. The highest BCUT2D eigenvalue weighted by atomic mass is 16.6. The summed E-state index contributed by atoms with van der Waals surface area (Å²) in [4.78, 5) is 23.6. The average molecular weight is 369 g/mol. The predicted octanol–water partition coefficient (Wildman–Crippen LogP) is 3.53. The van der Waals surface area contributed by atoms with Crippen molar-refractivity contribution >= 4 is 11.9 Å². The van der Waals surface area contributed by atoms with Crippen LogP contribution in [-0.2, 0) is 26.3 Å². The summed E-state index contributed by atoms with van der Waals surface area (Å²) in [5.74, 6) is -0.342. The second-order valence-corrected chi connectivity index (χ2v) is 7.43. The molecule has 0 saturated heterocycles. The van der Waals surface area contributed by atoms with E-state index in [-0.39, 0.29) is 24.5 Å². The molecule has 5 heteroatoms. The summed E-state index contributed by atoms with van der Waals surface area (Å²) in [6.07, 6.45) is 0. The molecule has 0 radical (unpaired) electrons. The lowest BCUT2D eigenvalue weighted by atomic mass is 9.87. The standard InChI is InChI=1S/C22H27NO4/c1-16-7-5-6-8-17(16)13-23-20(24)14-27-21(25)15-26-19-11-9-18(10-12-19)22(2,3)4/h5-12H,13-15H2,1-4H3,(H,23,24). The van der Waals surface area contributed by atoms with Crippen molar-refractivity contribution in [2.75, 3.05) is 13.2 Å². The van der Waals surface area contributed by atoms with E-state index < -0.39 is 5.97 Å². The summed E-state index contributed by atoms with van der Waals surface area (Å²) in [7, 11) is 0. The van der Waals surface area contributed by atoms with Crippen LogP contribution in [0.2, 0.25) is 0 Å². The lowest BCUT2D eigenvalue weighted by Crippen LogP contribution is -2.29. The molecule has 0 bridgehead atoms. The summed E-state index contributed by atoms with van der Waals surface area (Å²) < 4.78 is 10.4. The number of hydrogen-bond acceptors (Lipinski definition) is 4. The predicted molar refractivity (Wildman–Crippen MR) is 105 cm³/mol. The molecular weight excluding hydrogens is 342 g/mol. The van der Waals surface area contributed by atoms with Crippen molar-refractivity contribution in [1.82, 2.24) is 5.32 Å². The number of esters is 1. The number of benzene rings is 2. The Labute approximate surface area is 160 Å². The van der Waals surface area contributed by atoms with E-state index in [2.05, 4.69) is 26.1 Å². The van der Waals surface area contributed by atoms with Gasteiger partial charge in [0, 0.05) is 6.54 Å². The topological polar surface area (TPSA) is 64.6 Å². The van der Waals surface area contributed by atoms with Crippen molar-refractivity contribution in [3.8, 4) is 5.75 Å². The highest BCUT2D eigenvalue weighted by molar-refractivity contribution is 5.80. The highest BCUT2D eigenvalue weighted by Gasteiger charge is 2.13. The summed E-state index contributed by atoms with van der Waals surface area (Å²) in [6, 6.07) is 15.4. The molecule has 1 amide bonds. The van der Waals surface area contributed by atoms with E-state index in [9.17, 15) is 9.59 Å². The van der Waals surface area contributed by atoms with Crippen LogP contribution in [0.1, 0.15) is 37.5 Å². The quantitative estimate of drug-likeness (QED) is 0.759. The van der Waals surface area contributed by atoms with Gasteiger partial charge >= 0.3 is 5.97 Å². The van der Waals surface area contributed by atoms with Gasteiger partial charge in [-0.15, -0.1) is 0 Å². The fourth-order valence-electron chi connectivity index (χ4n) is 2.43. The van der Waals surface area contributed by atoms with Crippen LogP contribution in [0.5, 0.6) is 5.75 Å². The van der Waals surface area contributed by atoms with Gasteiger partial charge in [0.1, 0.15) is 5.75 Å². The third kappa shape index (κ3) is 6.77. The third-order valence-electron chi connectivity index (χ3n) is 4.18. The Morgan fingerprint density at radius 1 is 0.963 bits per heavy atom. The minimum Gasteiger partial charge on any atom is -0.482 e. The average Bonchev–Trinajstić information content (AvgIpc) is 2.63. The fraction of sp³-hybridized carbons (Fsp3) is 0.364.